The zero-order chi connectivity index (χ0) is 13.4. The molecule has 0 atom stereocenters. The third kappa shape index (κ3) is 6.23. The van der Waals surface area contributed by atoms with Crippen LogP contribution in [-0.4, -0.2) is 38.6 Å². The topological polar surface area (TPSA) is 78.9 Å². The molecular weight excluding hydrogens is 248 g/mol. The van der Waals surface area contributed by atoms with Crippen molar-refractivity contribution in [1.29, 1.82) is 0 Å². The monoisotopic (exact) mass is 254 g/mol. The van der Waals surface area contributed by atoms with Crippen molar-refractivity contribution in [2.24, 2.45) is 0 Å². The molecule has 0 saturated heterocycles. The summed E-state index contributed by atoms with van der Waals surface area (Å²) in [5, 5.41) is 0. The normalized spacial score (nSPS) is 9.12. The SMILES string of the molecule is C=C(F)C(=O)OB(OC(=O)CF)OC(=O)CF. The Morgan fingerprint density at radius 3 is 1.71 bits per heavy atom. The summed E-state index contributed by atoms with van der Waals surface area (Å²) in [6.45, 7) is -0.690. The molecule has 0 aromatic heterocycles. The van der Waals surface area contributed by atoms with Crippen LogP contribution in [0.25, 0.3) is 0 Å². The zero-order valence-corrected chi connectivity index (χ0v) is 8.28. The summed E-state index contributed by atoms with van der Waals surface area (Å²) in [7, 11) is -2.37. The first-order valence-electron chi connectivity index (χ1n) is 3.97. The van der Waals surface area contributed by atoms with Crippen LogP contribution in [-0.2, 0) is 28.3 Å². The number of halogens is 3. The number of carbonyl (C=O) groups excluding carboxylic acids is 3. The minimum Gasteiger partial charge on any atom is -0.460 e. The highest BCUT2D eigenvalue weighted by Gasteiger charge is 2.37. The van der Waals surface area contributed by atoms with Gasteiger partial charge in [0, 0.05) is 0 Å². The van der Waals surface area contributed by atoms with E-state index in [1.807, 2.05) is 0 Å². The third-order valence-corrected chi connectivity index (χ3v) is 1.10. The zero-order valence-electron chi connectivity index (χ0n) is 8.28. The molecule has 6 nitrogen and oxygen atoms in total. The van der Waals surface area contributed by atoms with Crippen molar-refractivity contribution in [3.63, 3.8) is 0 Å². The van der Waals surface area contributed by atoms with Gasteiger partial charge in [0.05, 0.1) is 0 Å². The molecule has 0 aliphatic rings. The maximum absolute atomic E-state index is 12.2. The van der Waals surface area contributed by atoms with E-state index in [9.17, 15) is 27.6 Å². The predicted octanol–water partition coefficient (Wildman–Crippen LogP) is 0.0231. The molecule has 0 saturated carbocycles. The van der Waals surface area contributed by atoms with E-state index in [1.54, 1.807) is 0 Å². The standard InChI is InChI=1S/C7H6BF3O6/c1-4(11)7(14)17-8(15-5(12)2-9)16-6(13)3-10/h1-3H2. The molecule has 0 spiro atoms. The Kier molecular flexibility index (Phi) is 6.45. The second-order valence-electron chi connectivity index (χ2n) is 2.35. The average Bonchev–Trinajstić information content (AvgIpc) is 2.28. The minimum absolute atomic E-state index is 1.56. The van der Waals surface area contributed by atoms with E-state index >= 15 is 0 Å². The van der Waals surface area contributed by atoms with Crippen LogP contribution in [0.5, 0.6) is 0 Å². The van der Waals surface area contributed by atoms with Crippen molar-refractivity contribution in [3.05, 3.63) is 12.4 Å². The molecule has 0 bridgehead atoms. The van der Waals surface area contributed by atoms with Crippen molar-refractivity contribution in [2.45, 2.75) is 0 Å². The van der Waals surface area contributed by atoms with Crippen LogP contribution in [0.2, 0.25) is 0 Å². The molecule has 17 heavy (non-hydrogen) atoms. The minimum atomic E-state index is -2.37. The van der Waals surface area contributed by atoms with Gasteiger partial charge in [0.1, 0.15) is 0 Å². The lowest BCUT2D eigenvalue weighted by Gasteiger charge is -2.10. The van der Waals surface area contributed by atoms with Gasteiger partial charge in [-0.15, -0.1) is 0 Å². The Bertz CT molecular complexity index is 316. The average molecular weight is 254 g/mol. The molecule has 0 fully saturated rings. The summed E-state index contributed by atoms with van der Waals surface area (Å²) in [5.41, 5.74) is 0. The largest absolute Gasteiger partial charge is 0.870 e. The molecule has 0 rings (SSSR count). The first-order valence-corrected chi connectivity index (χ1v) is 3.97. The van der Waals surface area contributed by atoms with Gasteiger partial charge >= 0.3 is 25.2 Å². The van der Waals surface area contributed by atoms with E-state index in [-0.39, 0.29) is 0 Å². The summed E-state index contributed by atoms with van der Waals surface area (Å²) >= 11 is 0. The lowest BCUT2D eigenvalue weighted by atomic mass is 10.2. The van der Waals surface area contributed by atoms with Crippen LogP contribution >= 0.6 is 0 Å². The highest BCUT2D eigenvalue weighted by Crippen LogP contribution is 2.02. The van der Waals surface area contributed by atoms with Crippen molar-refractivity contribution < 1.29 is 41.5 Å². The summed E-state index contributed by atoms with van der Waals surface area (Å²) in [6, 6.07) is 0. The molecule has 0 aliphatic carbocycles. The van der Waals surface area contributed by atoms with Gasteiger partial charge in [0.25, 0.3) is 0 Å². The molecule has 0 radical (unpaired) electrons. The van der Waals surface area contributed by atoms with Gasteiger partial charge in [-0.3, -0.25) is 9.59 Å². The van der Waals surface area contributed by atoms with Gasteiger partial charge in [0.2, 0.25) is 0 Å². The molecule has 0 unspecified atom stereocenters. The fourth-order valence-electron chi connectivity index (χ4n) is 0.501. The number of rotatable bonds is 6. The van der Waals surface area contributed by atoms with Gasteiger partial charge < -0.3 is 14.0 Å². The number of carbonyl (C=O) groups is 3. The van der Waals surface area contributed by atoms with Crippen molar-refractivity contribution >= 4 is 25.2 Å². The number of hydrogen-bond donors (Lipinski definition) is 0. The highest BCUT2D eigenvalue weighted by molar-refractivity contribution is 6.44. The Labute approximate surface area is 93.5 Å². The molecule has 0 aliphatic heterocycles. The molecule has 94 valence electrons. The van der Waals surface area contributed by atoms with E-state index in [0.29, 0.717) is 0 Å². The van der Waals surface area contributed by atoms with Crippen molar-refractivity contribution in [1.82, 2.24) is 0 Å². The fourth-order valence-corrected chi connectivity index (χ4v) is 0.501. The molecule has 0 aromatic carbocycles. The molecule has 0 N–H and O–H groups in total. The van der Waals surface area contributed by atoms with Crippen LogP contribution in [0, 0.1) is 0 Å². The van der Waals surface area contributed by atoms with E-state index < -0.39 is 44.4 Å². The Hall–Kier alpha value is -2.00. The molecular formula is C7H6BF3O6. The molecule has 0 amide bonds. The van der Waals surface area contributed by atoms with Crippen molar-refractivity contribution in [2.75, 3.05) is 13.3 Å². The predicted molar refractivity (Wildman–Crippen MR) is 46.2 cm³/mol. The van der Waals surface area contributed by atoms with Crippen LogP contribution in [0.3, 0.4) is 0 Å². The lowest BCUT2D eigenvalue weighted by molar-refractivity contribution is -0.147. The summed E-state index contributed by atoms with van der Waals surface area (Å²) in [6.07, 6.45) is 0. The highest BCUT2D eigenvalue weighted by atomic mass is 19.1. The summed E-state index contributed by atoms with van der Waals surface area (Å²) in [4.78, 5) is 31.5. The number of hydrogen-bond acceptors (Lipinski definition) is 6. The van der Waals surface area contributed by atoms with E-state index in [2.05, 4.69) is 20.5 Å². The van der Waals surface area contributed by atoms with E-state index in [4.69, 9.17) is 0 Å². The van der Waals surface area contributed by atoms with E-state index in [0.717, 1.165) is 0 Å². The Morgan fingerprint density at radius 1 is 1.00 bits per heavy atom. The summed E-state index contributed by atoms with van der Waals surface area (Å²) < 4.78 is 47.4. The van der Waals surface area contributed by atoms with Gasteiger partial charge in [-0.05, 0) is 0 Å². The maximum Gasteiger partial charge on any atom is 0.870 e. The van der Waals surface area contributed by atoms with Crippen molar-refractivity contribution in [3.8, 4) is 0 Å². The second-order valence-corrected chi connectivity index (χ2v) is 2.35. The first kappa shape index (κ1) is 15.0. The fraction of sp³-hybridized carbons (Fsp3) is 0.286. The van der Waals surface area contributed by atoms with E-state index in [1.165, 1.54) is 0 Å². The van der Waals surface area contributed by atoms with Gasteiger partial charge in [-0.25, -0.2) is 13.6 Å². The van der Waals surface area contributed by atoms with Crippen LogP contribution in [0.1, 0.15) is 0 Å². The van der Waals surface area contributed by atoms with Gasteiger partial charge in [0.15, 0.2) is 19.2 Å². The number of alkyl halides is 2. The molecule has 0 heterocycles. The van der Waals surface area contributed by atoms with Crippen LogP contribution in [0.15, 0.2) is 12.4 Å². The van der Waals surface area contributed by atoms with Gasteiger partial charge in [-0.2, -0.15) is 4.39 Å². The molecule has 0 aromatic rings. The first-order chi connectivity index (χ1) is 7.90. The van der Waals surface area contributed by atoms with Crippen LogP contribution in [0.4, 0.5) is 13.2 Å². The maximum atomic E-state index is 12.2. The second kappa shape index (κ2) is 7.31. The van der Waals surface area contributed by atoms with Gasteiger partial charge in [-0.1, -0.05) is 6.58 Å². The lowest BCUT2D eigenvalue weighted by Crippen LogP contribution is -2.35. The molecule has 10 heteroatoms. The summed E-state index contributed by atoms with van der Waals surface area (Å²) in [5.74, 6) is -6.41. The Balaban J connectivity index is 4.49. The Morgan fingerprint density at radius 2 is 1.41 bits per heavy atom. The quantitative estimate of drug-likeness (QED) is 0.491. The third-order valence-electron chi connectivity index (χ3n) is 1.10. The smallest absolute Gasteiger partial charge is 0.460 e. The van der Waals surface area contributed by atoms with Crippen LogP contribution < -0.4 is 0 Å².